The fraction of sp³-hybridized carbons (Fsp3) is 0.231. The number of phenolic OH excluding ortho intramolecular Hbond substituents is 2. The molecule has 0 spiro atoms. The first-order valence-electron chi connectivity index (χ1n) is 10.4. The van der Waals surface area contributed by atoms with E-state index in [0.717, 1.165) is 16.5 Å². The number of fused-ring (bicyclic) bond motifs is 4. The second kappa shape index (κ2) is 6.60. The predicted octanol–water partition coefficient (Wildman–Crippen LogP) is 6.11. The lowest BCUT2D eigenvalue weighted by Crippen LogP contribution is -2.27. The van der Waals surface area contributed by atoms with Crippen LogP contribution in [0.1, 0.15) is 71.4 Å². The second-order valence-corrected chi connectivity index (χ2v) is 8.74. The number of carbonyl (C=O) groups is 2. The molecule has 1 aliphatic rings. The largest absolute Gasteiger partial charge is 0.507 e. The molecule has 0 fully saturated rings. The number of ketones is 2. The Labute approximate surface area is 183 Å². The van der Waals surface area contributed by atoms with Crippen molar-refractivity contribution in [1.29, 1.82) is 0 Å². The molecule has 0 amide bonds. The number of hydrogen-bond donors (Lipinski definition) is 2. The summed E-state index contributed by atoms with van der Waals surface area (Å²) in [6.07, 6.45) is 1.37. The number of hydrogen-bond acceptors (Lipinski definition) is 6. The Morgan fingerprint density at radius 2 is 1.56 bits per heavy atom. The minimum atomic E-state index is -0.613. The summed E-state index contributed by atoms with van der Waals surface area (Å²) in [4.78, 5) is 23.9. The summed E-state index contributed by atoms with van der Waals surface area (Å²) >= 11 is 0. The zero-order valence-corrected chi connectivity index (χ0v) is 18.0. The van der Waals surface area contributed by atoms with Gasteiger partial charge in [-0.2, -0.15) is 0 Å². The summed E-state index contributed by atoms with van der Waals surface area (Å²) in [5.74, 6) is 0.560. The highest BCUT2D eigenvalue weighted by Gasteiger charge is 2.42. The van der Waals surface area contributed by atoms with Gasteiger partial charge in [-0.3, -0.25) is 9.59 Å². The standard InChI is InChI=1S/C26H22O6/c1-12-5-6-26(4,23-8-15-7-16(13(2)27)19(29)10-21(15)31-23)24-18-9-17(14(3)28)20(30)11-22(18)32-25(12)24/h7-11,29-30H,1,5-6H2,2-4H3/t26-/m1/s1. The number of benzene rings is 2. The van der Waals surface area contributed by atoms with Crippen molar-refractivity contribution in [2.75, 3.05) is 0 Å². The van der Waals surface area contributed by atoms with Gasteiger partial charge in [-0.05, 0) is 57.4 Å². The van der Waals surface area contributed by atoms with Gasteiger partial charge in [0.25, 0.3) is 0 Å². The van der Waals surface area contributed by atoms with Crippen molar-refractivity contribution < 1.29 is 28.6 Å². The topological polar surface area (TPSA) is 101 Å². The van der Waals surface area contributed by atoms with E-state index >= 15 is 0 Å². The van der Waals surface area contributed by atoms with Crippen LogP contribution in [-0.2, 0) is 5.41 Å². The molecule has 4 aromatic rings. The van der Waals surface area contributed by atoms with E-state index in [9.17, 15) is 19.8 Å². The van der Waals surface area contributed by atoms with E-state index in [4.69, 9.17) is 8.83 Å². The number of allylic oxidation sites excluding steroid dienone is 1. The maximum atomic E-state index is 12.1. The average molecular weight is 430 g/mol. The van der Waals surface area contributed by atoms with Gasteiger partial charge in [0.1, 0.15) is 34.2 Å². The van der Waals surface area contributed by atoms with Gasteiger partial charge in [0.05, 0.1) is 16.5 Å². The second-order valence-electron chi connectivity index (χ2n) is 8.74. The molecule has 2 aromatic heterocycles. The normalized spacial score (nSPS) is 18.3. The Balaban J connectivity index is 1.78. The van der Waals surface area contributed by atoms with Crippen molar-refractivity contribution in [1.82, 2.24) is 0 Å². The Bertz CT molecular complexity index is 1480. The van der Waals surface area contributed by atoms with Crippen LogP contribution in [-0.4, -0.2) is 21.8 Å². The molecule has 0 saturated heterocycles. The fourth-order valence-electron chi connectivity index (χ4n) is 4.73. The van der Waals surface area contributed by atoms with E-state index in [1.54, 1.807) is 12.1 Å². The summed E-state index contributed by atoms with van der Waals surface area (Å²) in [5.41, 5.74) is 2.48. The number of carbonyl (C=O) groups excluding carboxylic acids is 2. The predicted molar refractivity (Wildman–Crippen MR) is 120 cm³/mol. The van der Waals surface area contributed by atoms with Crippen LogP contribution in [0.2, 0.25) is 0 Å². The molecule has 32 heavy (non-hydrogen) atoms. The van der Waals surface area contributed by atoms with Crippen molar-refractivity contribution in [3.8, 4) is 11.5 Å². The maximum Gasteiger partial charge on any atom is 0.163 e. The molecule has 6 nitrogen and oxygen atoms in total. The first kappa shape index (κ1) is 20.1. The highest BCUT2D eigenvalue weighted by molar-refractivity contribution is 6.03. The maximum absolute atomic E-state index is 12.1. The average Bonchev–Trinajstić information content (AvgIpc) is 3.31. The van der Waals surface area contributed by atoms with Crippen molar-refractivity contribution in [2.45, 2.75) is 39.0 Å². The third kappa shape index (κ3) is 2.72. The first-order valence-corrected chi connectivity index (χ1v) is 10.4. The van der Waals surface area contributed by atoms with Gasteiger partial charge in [0.15, 0.2) is 11.6 Å². The van der Waals surface area contributed by atoms with Crippen LogP contribution in [0.5, 0.6) is 11.5 Å². The molecule has 1 atom stereocenters. The third-order valence-corrected chi connectivity index (χ3v) is 6.54. The van der Waals surface area contributed by atoms with E-state index in [1.165, 1.54) is 26.0 Å². The van der Waals surface area contributed by atoms with Crippen LogP contribution < -0.4 is 0 Å². The molecule has 0 saturated carbocycles. The fourth-order valence-corrected chi connectivity index (χ4v) is 4.73. The van der Waals surface area contributed by atoms with E-state index in [0.29, 0.717) is 40.9 Å². The molecule has 2 aromatic carbocycles. The highest BCUT2D eigenvalue weighted by atomic mass is 16.3. The molecule has 162 valence electrons. The van der Waals surface area contributed by atoms with Gasteiger partial charge < -0.3 is 19.0 Å². The van der Waals surface area contributed by atoms with Crippen LogP contribution in [0, 0.1) is 0 Å². The molecule has 5 rings (SSSR count). The highest BCUT2D eigenvalue weighted by Crippen LogP contribution is 2.52. The minimum Gasteiger partial charge on any atom is -0.507 e. The van der Waals surface area contributed by atoms with Gasteiger partial charge in [-0.15, -0.1) is 0 Å². The van der Waals surface area contributed by atoms with Gasteiger partial charge >= 0.3 is 0 Å². The Morgan fingerprint density at radius 1 is 0.938 bits per heavy atom. The monoisotopic (exact) mass is 430 g/mol. The molecule has 0 unspecified atom stereocenters. The lowest BCUT2D eigenvalue weighted by atomic mass is 9.70. The van der Waals surface area contributed by atoms with Crippen molar-refractivity contribution in [3.05, 3.63) is 65.1 Å². The van der Waals surface area contributed by atoms with Gasteiger partial charge in [0.2, 0.25) is 0 Å². The molecule has 2 N–H and O–H groups in total. The van der Waals surface area contributed by atoms with Crippen molar-refractivity contribution in [3.63, 3.8) is 0 Å². The zero-order chi connectivity index (χ0) is 22.9. The SMILES string of the molecule is C=C1CC[C@](C)(c2cc3cc(C(C)=O)c(O)cc3o2)c2c1oc1cc(O)c(C(C)=O)cc21. The summed E-state index contributed by atoms with van der Waals surface area (Å²) < 4.78 is 12.3. The number of phenols is 2. The van der Waals surface area contributed by atoms with E-state index in [1.807, 2.05) is 13.0 Å². The molecular weight excluding hydrogens is 408 g/mol. The third-order valence-electron chi connectivity index (χ3n) is 6.54. The van der Waals surface area contributed by atoms with Crippen molar-refractivity contribution in [2.24, 2.45) is 0 Å². The van der Waals surface area contributed by atoms with Gasteiger partial charge in [-0.1, -0.05) is 6.58 Å². The van der Waals surface area contributed by atoms with Crippen LogP contribution in [0.3, 0.4) is 0 Å². The van der Waals surface area contributed by atoms with Crippen LogP contribution in [0.4, 0.5) is 0 Å². The summed E-state index contributed by atoms with van der Waals surface area (Å²) in [5, 5.41) is 21.9. The van der Waals surface area contributed by atoms with Crippen molar-refractivity contribution >= 4 is 39.1 Å². The first-order chi connectivity index (χ1) is 15.1. The number of rotatable bonds is 3. The molecule has 0 aliphatic heterocycles. The van der Waals surface area contributed by atoms with Gasteiger partial charge in [0, 0.05) is 28.5 Å². The van der Waals surface area contributed by atoms with E-state index in [2.05, 4.69) is 6.58 Å². The quantitative estimate of drug-likeness (QED) is 0.380. The minimum absolute atomic E-state index is 0.121. The lowest BCUT2D eigenvalue weighted by Gasteiger charge is -2.32. The molecule has 1 aliphatic carbocycles. The zero-order valence-electron chi connectivity index (χ0n) is 18.0. The van der Waals surface area contributed by atoms with E-state index in [-0.39, 0.29) is 34.2 Å². The molecule has 0 bridgehead atoms. The molecule has 2 heterocycles. The number of Topliss-reactive ketones (excluding diaryl/α,β-unsaturated/α-hetero) is 2. The number of furan rings is 2. The van der Waals surface area contributed by atoms with Crippen LogP contribution in [0.15, 0.2) is 45.7 Å². The van der Waals surface area contributed by atoms with Crippen LogP contribution in [0.25, 0.3) is 27.5 Å². The number of aromatic hydroxyl groups is 2. The molecule has 0 radical (unpaired) electrons. The summed E-state index contributed by atoms with van der Waals surface area (Å²) in [6.45, 7) is 9.00. The molecular formula is C26H22O6. The smallest absolute Gasteiger partial charge is 0.163 e. The Kier molecular flexibility index (Phi) is 4.15. The molecule has 6 heteroatoms. The Hall–Kier alpha value is -3.80. The van der Waals surface area contributed by atoms with Crippen LogP contribution >= 0.6 is 0 Å². The van der Waals surface area contributed by atoms with Gasteiger partial charge in [-0.25, -0.2) is 0 Å². The Morgan fingerprint density at radius 3 is 2.22 bits per heavy atom. The van der Waals surface area contributed by atoms with E-state index < -0.39 is 5.41 Å². The lowest BCUT2D eigenvalue weighted by molar-refractivity contribution is 0.100. The summed E-state index contributed by atoms with van der Waals surface area (Å²) in [6, 6.07) is 8.10. The summed E-state index contributed by atoms with van der Waals surface area (Å²) in [7, 11) is 0.